The number of ether oxygens (including phenoxy) is 5. The summed E-state index contributed by atoms with van der Waals surface area (Å²) in [5.74, 6) is 0.101. The first-order chi connectivity index (χ1) is 16.3. The number of hydrogen-bond acceptors (Lipinski definition) is 10. The van der Waals surface area contributed by atoms with Gasteiger partial charge in [-0.05, 0) is 60.3 Å². The molecule has 0 N–H and O–H groups in total. The van der Waals surface area contributed by atoms with Gasteiger partial charge in [-0.2, -0.15) is 0 Å². The Morgan fingerprint density at radius 2 is 1.40 bits per heavy atom. The van der Waals surface area contributed by atoms with Gasteiger partial charge in [0.25, 0.3) is 0 Å². The molecule has 0 aromatic rings. The molecule has 1 heterocycles. The molecule has 204 valence electrons. The number of esters is 3. The van der Waals surface area contributed by atoms with Crippen molar-refractivity contribution in [3.63, 3.8) is 0 Å². The van der Waals surface area contributed by atoms with Crippen molar-refractivity contribution in [2.24, 2.45) is 5.41 Å². The molecule has 0 spiro atoms. The van der Waals surface area contributed by atoms with Crippen LogP contribution in [0.1, 0.15) is 60.3 Å². The summed E-state index contributed by atoms with van der Waals surface area (Å²) in [6.45, 7) is 10.3. The predicted molar refractivity (Wildman–Crippen MR) is 146 cm³/mol. The normalized spacial score (nSPS) is 18.4. The van der Waals surface area contributed by atoms with Crippen molar-refractivity contribution in [1.29, 1.82) is 0 Å². The molecule has 0 aliphatic carbocycles. The molecule has 2 atom stereocenters. The van der Waals surface area contributed by atoms with E-state index < -0.39 is 20.0 Å². The van der Waals surface area contributed by atoms with Crippen molar-refractivity contribution in [3.8, 4) is 0 Å². The van der Waals surface area contributed by atoms with Crippen LogP contribution >= 0.6 is 53.4 Å². The first-order valence-corrected chi connectivity index (χ1v) is 15.7. The van der Waals surface area contributed by atoms with Crippen molar-refractivity contribution < 1.29 is 38.1 Å². The van der Waals surface area contributed by atoms with E-state index in [0.717, 1.165) is 19.3 Å². The van der Waals surface area contributed by atoms with Crippen LogP contribution in [0.15, 0.2) is 0 Å². The van der Waals surface area contributed by atoms with Gasteiger partial charge >= 0.3 is 17.9 Å². The lowest BCUT2D eigenvalue weighted by atomic mass is 9.83. The molecule has 1 aliphatic rings. The van der Waals surface area contributed by atoms with Crippen LogP contribution in [0.3, 0.4) is 0 Å². The van der Waals surface area contributed by atoms with Gasteiger partial charge in [0, 0.05) is 18.1 Å². The highest BCUT2D eigenvalue weighted by Gasteiger charge is 2.42. The topological polar surface area (TPSA) is 97.4 Å². The quantitative estimate of drug-likeness (QED) is 0.0712. The minimum absolute atomic E-state index is 0.118. The summed E-state index contributed by atoms with van der Waals surface area (Å²) in [4.78, 5) is 36.8. The highest BCUT2D eigenvalue weighted by molar-refractivity contribution is 9.10. The maximum atomic E-state index is 12.6. The van der Waals surface area contributed by atoms with Crippen molar-refractivity contribution in [2.75, 3.05) is 44.5 Å². The van der Waals surface area contributed by atoms with E-state index in [9.17, 15) is 14.4 Å². The smallest absolute Gasteiger partial charge is 0.322 e. The number of alkyl halides is 2. The van der Waals surface area contributed by atoms with Gasteiger partial charge in [-0.25, -0.2) is 0 Å². The SMILES string of the molecule is CC(C)(Br)C(=O)OCCSSCCOC(=O)C(C)(C)CC(C)(Br)C(=O)OCCOC1CCCCO1. The van der Waals surface area contributed by atoms with Crippen molar-refractivity contribution in [2.45, 2.75) is 75.2 Å². The molecule has 1 aliphatic heterocycles. The molecule has 12 heteroatoms. The Balaban J connectivity index is 2.22. The van der Waals surface area contributed by atoms with Crippen LogP contribution in [0.4, 0.5) is 0 Å². The first-order valence-electron chi connectivity index (χ1n) is 11.6. The van der Waals surface area contributed by atoms with E-state index in [0.29, 0.717) is 24.7 Å². The monoisotopic (exact) mass is 664 g/mol. The summed E-state index contributed by atoms with van der Waals surface area (Å²) in [5.41, 5.74) is -0.891. The van der Waals surface area contributed by atoms with E-state index in [1.165, 1.54) is 10.8 Å². The lowest BCUT2D eigenvalue weighted by molar-refractivity contribution is -0.174. The zero-order valence-electron chi connectivity index (χ0n) is 21.2. The molecular formula is C23H38Br2O8S2. The average Bonchev–Trinajstić information content (AvgIpc) is 2.77. The summed E-state index contributed by atoms with van der Waals surface area (Å²) in [5, 5.41) is 0. The minimum atomic E-state index is -1.04. The van der Waals surface area contributed by atoms with Gasteiger partial charge in [-0.3, -0.25) is 14.4 Å². The Morgan fingerprint density at radius 1 is 0.829 bits per heavy atom. The average molecular weight is 666 g/mol. The maximum absolute atomic E-state index is 12.6. The van der Waals surface area contributed by atoms with E-state index in [2.05, 4.69) is 31.9 Å². The van der Waals surface area contributed by atoms with E-state index in [4.69, 9.17) is 23.7 Å². The zero-order chi connectivity index (χ0) is 26.5. The number of hydrogen-bond donors (Lipinski definition) is 0. The fourth-order valence-electron chi connectivity index (χ4n) is 3.10. The van der Waals surface area contributed by atoms with E-state index >= 15 is 0 Å². The van der Waals surface area contributed by atoms with Crippen LogP contribution in [0, 0.1) is 5.41 Å². The molecule has 1 saturated heterocycles. The number of carbonyl (C=O) groups is 3. The second-order valence-electron chi connectivity index (χ2n) is 9.45. The van der Waals surface area contributed by atoms with Gasteiger partial charge in [0.05, 0.1) is 12.0 Å². The molecule has 0 aromatic heterocycles. The number of carbonyl (C=O) groups excluding carboxylic acids is 3. The summed E-state index contributed by atoms with van der Waals surface area (Å²) in [6, 6.07) is 0. The van der Waals surface area contributed by atoms with Gasteiger partial charge in [-0.1, -0.05) is 53.4 Å². The van der Waals surface area contributed by atoms with Crippen molar-refractivity contribution in [3.05, 3.63) is 0 Å². The molecule has 0 amide bonds. The number of halogens is 2. The van der Waals surface area contributed by atoms with E-state index in [-0.39, 0.29) is 44.5 Å². The highest BCUT2D eigenvalue weighted by atomic mass is 79.9. The highest BCUT2D eigenvalue weighted by Crippen LogP contribution is 2.36. The van der Waals surface area contributed by atoms with Crippen molar-refractivity contribution >= 4 is 71.4 Å². The minimum Gasteiger partial charge on any atom is -0.464 e. The summed E-state index contributed by atoms with van der Waals surface area (Å²) >= 11 is 6.68. The summed E-state index contributed by atoms with van der Waals surface area (Å²) in [6.07, 6.45) is 2.94. The molecule has 1 fully saturated rings. The lowest BCUT2D eigenvalue weighted by Crippen LogP contribution is -2.40. The van der Waals surface area contributed by atoms with Crippen LogP contribution in [-0.2, 0) is 38.1 Å². The third kappa shape index (κ3) is 13.9. The fraction of sp³-hybridized carbons (Fsp3) is 0.870. The van der Waals surface area contributed by atoms with E-state index in [1.54, 1.807) is 45.4 Å². The molecule has 8 nitrogen and oxygen atoms in total. The maximum Gasteiger partial charge on any atom is 0.322 e. The third-order valence-electron chi connectivity index (χ3n) is 4.88. The van der Waals surface area contributed by atoms with Crippen LogP contribution in [-0.4, -0.2) is 77.4 Å². The van der Waals surface area contributed by atoms with Gasteiger partial charge in [0.1, 0.15) is 28.5 Å². The molecular weight excluding hydrogens is 628 g/mol. The summed E-state index contributed by atoms with van der Waals surface area (Å²) < 4.78 is 25.3. The number of rotatable bonds is 16. The molecule has 0 bridgehead atoms. The predicted octanol–water partition coefficient (Wildman–Crippen LogP) is 5.28. The third-order valence-corrected chi connectivity index (χ3v) is 8.14. The fourth-order valence-corrected chi connectivity index (χ4v) is 5.69. The van der Waals surface area contributed by atoms with Crippen LogP contribution in [0.25, 0.3) is 0 Å². The second-order valence-corrected chi connectivity index (χ2v) is 15.9. The van der Waals surface area contributed by atoms with Crippen LogP contribution < -0.4 is 0 Å². The Hall–Kier alpha value is -0.0100. The van der Waals surface area contributed by atoms with Gasteiger partial charge < -0.3 is 23.7 Å². The van der Waals surface area contributed by atoms with Crippen molar-refractivity contribution in [1.82, 2.24) is 0 Å². The van der Waals surface area contributed by atoms with Gasteiger partial charge in [0.15, 0.2) is 6.29 Å². The molecule has 2 unspecified atom stereocenters. The Bertz CT molecular complexity index is 677. The van der Waals surface area contributed by atoms with Crippen LogP contribution in [0.2, 0.25) is 0 Å². The standard InChI is InChI=1S/C23H38Br2O8S2/c1-21(2,18(26)32-12-14-34-35-15-13-33-19(27)22(3,4)24)16-23(5,25)20(28)31-11-10-30-17-8-6-7-9-29-17/h17H,6-16H2,1-5H3. The van der Waals surface area contributed by atoms with Gasteiger partial charge in [0.2, 0.25) is 0 Å². The summed E-state index contributed by atoms with van der Waals surface area (Å²) in [7, 11) is 3.08. The molecule has 0 saturated carbocycles. The zero-order valence-corrected chi connectivity index (χ0v) is 26.0. The molecule has 35 heavy (non-hydrogen) atoms. The molecule has 0 aromatic carbocycles. The molecule has 1 rings (SSSR count). The lowest BCUT2D eigenvalue weighted by Gasteiger charge is -2.30. The largest absolute Gasteiger partial charge is 0.464 e. The van der Waals surface area contributed by atoms with Gasteiger partial charge in [-0.15, -0.1) is 0 Å². The second kappa shape index (κ2) is 16.1. The Morgan fingerprint density at radius 3 is 1.94 bits per heavy atom. The van der Waals surface area contributed by atoms with E-state index in [1.807, 2.05) is 0 Å². The first kappa shape index (κ1) is 33.0. The van der Waals surface area contributed by atoms with Crippen LogP contribution in [0.5, 0.6) is 0 Å². The molecule has 0 radical (unpaired) electrons. The Labute approximate surface area is 233 Å². The Kier molecular flexibility index (Phi) is 15.2.